The second-order valence-electron chi connectivity index (χ2n) is 6.94. The highest BCUT2D eigenvalue weighted by Gasteiger charge is 2.22. The fourth-order valence-corrected chi connectivity index (χ4v) is 3.45. The molecule has 0 spiro atoms. The van der Waals surface area contributed by atoms with Crippen LogP contribution in [-0.4, -0.2) is 47.0 Å². The lowest BCUT2D eigenvalue weighted by Crippen LogP contribution is -2.48. The van der Waals surface area contributed by atoms with Gasteiger partial charge in [0.25, 0.3) is 5.91 Å². The van der Waals surface area contributed by atoms with Gasteiger partial charge >= 0.3 is 0 Å². The van der Waals surface area contributed by atoms with Crippen molar-refractivity contribution < 1.29 is 9.32 Å². The maximum atomic E-state index is 12.8. The predicted molar refractivity (Wildman–Crippen MR) is 104 cm³/mol. The van der Waals surface area contributed by atoms with E-state index in [1.54, 1.807) is 0 Å². The molecule has 1 aliphatic rings. The van der Waals surface area contributed by atoms with Gasteiger partial charge in [0, 0.05) is 44.4 Å². The first-order chi connectivity index (χ1) is 13.2. The van der Waals surface area contributed by atoms with E-state index < -0.39 is 0 Å². The molecule has 138 valence electrons. The first-order valence-corrected chi connectivity index (χ1v) is 9.28. The zero-order valence-electron chi connectivity index (χ0n) is 15.5. The summed E-state index contributed by atoms with van der Waals surface area (Å²) in [5.41, 5.74) is 3.98. The summed E-state index contributed by atoms with van der Waals surface area (Å²) >= 11 is 0. The van der Waals surface area contributed by atoms with Crippen LogP contribution in [0.15, 0.2) is 65.2 Å². The van der Waals surface area contributed by atoms with Crippen molar-refractivity contribution in [2.24, 2.45) is 0 Å². The largest absolute Gasteiger partial charge is 0.361 e. The van der Waals surface area contributed by atoms with Gasteiger partial charge < -0.3 is 9.42 Å². The van der Waals surface area contributed by atoms with Crippen molar-refractivity contribution in [1.82, 2.24) is 15.0 Å². The van der Waals surface area contributed by atoms with Gasteiger partial charge in [-0.2, -0.15) is 0 Å². The molecule has 1 amide bonds. The SMILES string of the molecule is Cc1cc(CN2CCN(C(=O)c3ccc(-c4ccccc4)cc3)CC2)no1. The minimum absolute atomic E-state index is 0.103. The Bertz CT molecular complexity index is 895. The van der Waals surface area contributed by atoms with Crippen LogP contribution in [0, 0.1) is 6.92 Å². The van der Waals surface area contributed by atoms with Gasteiger partial charge in [0.2, 0.25) is 0 Å². The maximum Gasteiger partial charge on any atom is 0.253 e. The fourth-order valence-electron chi connectivity index (χ4n) is 3.45. The van der Waals surface area contributed by atoms with Crippen molar-refractivity contribution in [3.8, 4) is 11.1 Å². The molecule has 4 rings (SSSR count). The third-order valence-electron chi connectivity index (χ3n) is 4.96. The lowest BCUT2D eigenvalue weighted by Gasteiger charge is -2.34. The van der Waals surface area contributed by atoms with E-state index in [2.05, 4.69) is 22.2 Å². The Morgan fingerprint density at radius 3 is 2.26 bits per heavy atom. The van der Waals surface area contributed by atoms with Crippen molar-refractivity contribution in [3.63, 3.8) is 0 Å². The van der Waals surface area contributed by atoms with Gasteiger partial charge in [-0.25, -0.2) is 0 Å². The summed E-state index contributed by atoms with van der Waals surface area (Å²) in [4.78, 5) is 17.0. The topological polar surface area (TPSA) is 49.6 Å². The van der Waals surface area contributed by atoms with Crippen molar-refractivity contribution >= 4 is 5.91 Å². The number of aromatic nitrogens is 1. The highest BCUT2D eigenvalue weighted by atomic mass is 16.5. The molecule has 3 aromatic rings. The average molecular weight is 361 g/mol. The third kappa shape index (κ3) is 4.09. The summed E-state index contributed by atoms with van der Waals surface area (Å²) in [5, 5.41) is 4.05. The Hall–Kier alpha value is -2.92. The number of aryl methyl sites for hydroxylation is 1. The van der Waals surface area contributed by atoms with Crippen molar-refractivity contribution in [1.29, 1.82) is 0 Å². The highest BCUT2D eigenvalue weighted by molar-refractivity contribution is 5.94. The van der Waals surface area contributed by atoms with E-state index in [-0.39, 0.29) is 5.91 Å². The van der Waals surface area contributed by atoms with Crippen LogP contribution in [0.25, 0.3) is 11.1 Å². The average Bonchev–Trinajstić information content (AvgIpc) is 3.13. The summed E-state index contributed by atoms with van der Waals surface area (Å²) in [5.74, 6) is 0.935. The van der Waals surface area contributed by atoms with Crippen molar-refractivity contribution in [2.75, 3.05) is 26.2 Å². The monoisotopic (exact) mass is 361 g/mol. The quantitative estimate of drug-likeness (QED) is 0.712. The summed E-state index contributed by atoms with van der Waals surface area (Å²) in [6.45, 7) is 5.83. The van der Waals surface area contributed by atoms with E-state index in [1.165, 1.54) is 0 Å². The molecule has 0 saturated carbocycles. The van der Waals surface area contributed by atoms with E-state index in [4.69, 9.17) is 4.52 Å². The molecule has 5 nitrogen and oxygen atoms in total. The molecule has 2 heterocycles. The normalized spacial score (nSPS) is 15.1. The minimum atomic E-state index is 0.103. The van der Waals surface area contributed by atoms with Crippen LogP contribution >= 0.6 is 0 Å². The molecule has 0 N–H and O–H groups in total. The second-order valence-corrected chi connectivity index (χ2v) is 6.94. The first-order valence-electron chi connectivity index (χ1n) is 9.28. The molecule has 1 fully saturated rings. The van der Waals surface area contributed by atoms with Crippen molar-refractivity contribution in [2.45, 2.75) is 13.5 Å². The molecule has 5 heteroatoms. The molecule has 1 aliphatic heterocycles. The smallest absolute Gasteiger partial charge is 0.253 e. The molecule has 2 aromatic carbocycles. The van der Waals surface area contributed by atoms with Crippen LogP contribution in [0.4, 0.5) is 0 Å². The van der Waals surface area contributed by atoms with Crippen LogP contribution < -0.4 is 0 Å². The van der Waals surface area contributed by atoms with Crippen LogP contribution in [0.1, 0.15) is 21.8 Å². The molecule has 0 bridgehead atoms. The summed E-state index contributed by atoms with van der Waals surface area (Å²) in [6, 6.07) is 20.1. The zero-order valence-corrected chi connectivity index (χ0v) is 15.5. The number of hydrogen-bond donors (Lipinski definition) is 0. The van der Waals surface area contributed by atoms with E-state index in [0.717, 1.165) is 60.9 Å². The van der Waals surface area contributed by atoms with Gasteiger partial charge in [-0.1, -0.05) is 47.6 Å². The second kappa shape index (κ2) is 7.76. The van der Waals surface area contributed by atoms with Gasteiger partial charge in [-0.15, -0.1) is 0 Å². The van der Waals surface area contributed by atoms with Gasteiger partial charge in [0.15, 0.2) is 0 Å². The van der Waals surface area contributed by atoms with Crippen LogP contribution in [0.5, 0.6) is 0 Å². The van der Waals surface area contributed by atoms with Crippen LogP contribution in [0.3, 0.4) is 0 Å². The molecule has 0 aliphatic carbocycles. The number of hydrogen-bond acceptors (Lipinski definition) is 4. The van der Waals surface area contributed by atoms with E-state index >= 15 is 0 Å². The Morgan fingerprint density at radius 2 is 1.63 bits per heavy atom. The molecule has 27 heavy (non-hydrogen) atoms. The fraction of sp³-hybridized carbons (Fsp3) is 0.273. The lowest BCUT2D eigenvalue weighted by atomic mass is 10.0. The lowest BCUT2D eigenvalue weighted by molar-refractivity contribution is 0.0625. The number of carbonyl (C=O) groups excluding carboxylic acids is 1. The van der Waals surface area contributed by atoms with Crippen molar-refractivity contribution in [3.05, 3.63) is 77.7 Å². The number of benzene rings is 2. The molecule has 1 aromatic heterocycles. The van der Waals surface area contributed by atoms with E-state index in [9.17, 15) is 4.79 Å². The predicted octanol–water partition coefficient (Wildman–Crippen LogP) is 3.61. The molecule has 0 unspecified atom stereocenters. The maximum absolute atomic E-state index is 12.8. The summed E-state index contributed by atoms with van der Waals surface area (Å²) in [6.07, 6.45) is 0. The van der Waals surface area contributed by atoms with Gasteiger partial charge in [-0.05, 0) is 30.2 Å². The number of nitrogens with zero attached hydrogens (tertiary/aromatic N) is 3. The summed E-state index contributed by atoms with van der Waals surface area (Å²) in [7, 11) is 0. The van der Waals surface area contributed by atoms with Gasteiger partial charge in [0.1, 0.15) is 5.76 Å². The molecular weight excluding hydrogens is 338 g/mol. The Labute approximate surface area is 159 Å². The third-order valence-corrected chi connectivity index (χ3v) is 4.96. The highest BCUT2D eigenvalue weighted by Crippen LogP contribution is 2.20. The number of rotatable bonds is 4. The Morgan fingerprint density at radius 1 is 0.963 bits per heavy atom. The standard InChI is InChI=1S/C22H23N3O2/c1-17-15-21(23-27-17)16-24-11-13-25(14-12-24)22(26)20-9-7-19(8-10-20)18-5-3-2-4-6-18/h2-10,15H,11-14,16H2,1H3. The molecule has 0 atom stereocenters. The van der Waals surface area contributed by atoms with Gasteiger partial charge in [-0.3, -0.25) is 9.69 Å². The minimum Gasteiger partial charge on any atom is -0.361 e. The van der Waals surface area contributed by atoms with E-state index in [1.807, 2.05) is 60.4 Å². The molecule has 0 radical (unpaired) electrons. The number of piperazine rings is 1. The van der Waals surface area contributed by atoms with E-state index in [0.29, 0.717) is 0 Å². The molecule has 1 saturated heterocycles. The summed E-state index contributed by atoms with van der Waals surface area (Å²) < 4.78 is 5.12. The molecular formula is C22H23N3O2. The Kier molecular flexibility index (Phi) is 5.03. The van der Waals surface area contributed by atoms with Gasteiger partial charge in [0.05, 0.1) is 5.69 Å². The number of carbonyl (C=O) groups is 1. The number of amides is 1. The Balaban J connectivity index is 1.35. The van der Waals surface area contributed by atoms with Crippen LogP contribution in [0.2, 0.25) is 0 Å². The zero-order chi connectivity index (χ0) is 18.6. The first kappa shape index (κ1) is 17.5. The van der Waals surface area contributed by atoms with Crippen LogP contribution in [-0.2, 0) is 6.54 Å².